The van der Waals surface area contributed by atoms with Crippen molar-refractivity contribution >= 4 is 17.5 Å². The van der Waals surface area contributed by atoms with Crippen LogP contribution < -0.4 is 4.90 Å². The fraction of sp³-hybridized carbons (Fsp3) is 0.560. The molecule has 4 aliphatic rings. The number of benzene rings is 1. The van der Waals surface area contributed by atoms with Crippen molar-refractivity contribution in [3.05, 3.63) is 47.3 Å². The van der Waals surface area contributed by atoms with Crippen molar-refractivity contribution < 1.29 is 14.1 Å². The molecule has 4 heterocycles. The maximum absolute atomic E-state index is 13.1. The molecule has 0 spiro atoms. The molecule has 170 valence electrons. The van der Waals surface area contributed by atoms with E-state index in [1.54, 1.807) is 17.9 Å². The van der Waals surface area contributed by atoms with Crippen molar-refractivity contribution in [1.82, 2.24) is 15.0 Å². The minimum Gasteiger partial charge on any atom is -0.369 e. The van der Waals surface area contributed by atoms with Crippen LogP contribution in [0.5, 0.6) is 0 Å². The van der Waals surface area contributed by atoms with Crippen LogP contribution in [-0.4, -0.2) is 66.0 Å². The molecular formula is C25H32N4O3. The summed E-state index contributed by atoms with van der Waals surface area (Å²) in [6.07, 6.45) is 6.00. The zero-order valence-electron chi connectivity index (χ0n) is 19.0. The largest absolute Gasteiger partial charge is 0.369 e. The molecule has 3 saturated heterocycles. The minimum absolute atomic E-state index is 0.110. The van der Waals surface area contributed by atoms with E-state index >= 15 is 0 Å². The second kappa shape index (κ2) is 8.60. The first-order valence-corrected chi connectivity index (χ1v) is 11.8. The Morgan fingerprint density at radius 1 is 1.00 bits per heavy atom. The van der Waals surface area contributed by atoms with E-state index in [2.05, 4.69) is 15.0 Å². The van der Waals surface area contributed by atoms with E-state index in [-0.39, 0.29) is 17.9 Å². The molecule has 2 amide bonds. The van der Waals surface area contributed by atoms with Gasteiger partial charge in [-0.25, -0.2) is 0 Å². The summed E-state index contributed by atoms with van der Waals surface area (Å²) in [6.45, 7) is 5.25. The smallest absolute Gasteiger partial charge is 0.276 e. The molecule has 1 aliphatic carbocycles. The zero-order valence-corrected chi connectivity index (χ0v) is 19.0. The molecule has 1 atom stereocenters. The fourth-order valence-corrected chi connectivity index (χ4v) is 5.56. The number of hydrogen-bond donors (Lipinski definition) is 0. The third-order valence-electron chi connectivity index (χ3n) is 7.57. The van der Waals surface area contributed by atoms with Crippen LogP contribution in [0, 0.1) is 18.8 Å². The molecule has 4 fully saturated rings. The number of amides is 2. The van der Waals surface area contributed by atoms with Crippen LogP contribution in [0.3, 0.4) is 0 Å². The fourth-order valence-electron chi connectivity index (χ4n) is 5.56. The highest BCUT2D eigenvalue weighted by molar-refractivity contribution is 5.94. The van der Waals surface area contributed by atoms with E-state index in [0.717, 1.165) is 43.9 Å². The first-order chi connectivity index (χ1) is 15.5. The van der Waals surface area contributed by atoms with Crippen LogP contribution in [0.2, 0.25) is 0 Å². The molecule has 7 nitrogen and oxygen atoms in total. The van der Waals surface area contributed by atoms with Crippen LogP contribution >= 0.6 is 0 Å². The number of anilines is 1. The van der Waals surface area contributed by atoms with Crippen LogP contribution in [0.25, 0.3) is 0 Å². The van der Waals surface area contributed by atoms with Crippen LogP contribution in [0.4, 0.5) is 5.69 Å². The van der Waals surface area contributed by atoms with Gasteiger partial charge in [0.15, 0.2) is 5.69 Å². The van der Waals surface area contributed by atoms with Crippen LogP contribution in [0.15, 0.2) is 34.9 Å². The quantitative estimate of drug-likeness (QED) is 0.733. The molecule has 1 aromatic heterocycles. The lowest BCUT2D eigenvalue weighted by atomic mass is 9.84. The molecule has 32 heavy (non-hydrogen) atoms. The van der Waals surface area contributed by atoms with Gasteiger partial charge in [0.05, 0.1) is 6.04 Å². The Morgan fingerprint density at radius 2 is 1.66 bits per heavy atom. The van der Waals surface area contributed by atoms with Gasteiger partial charge in [0.25, 0.3) is 11.8 Å². The van der Waals surface area contributed by atoms with Crippen molar-refractivity contribution in [3.63, 3.8) is 0 Å². The lowest BCUT2D eigenvalue weighted by Crippen LogP contribution is -2.39. The van der Waals surface area contributed by atoms with Crippen LogP contribution in [-0.2, 0) is 0 Å². The standard InChI is InChI=1S/C25H32N4O3/c1-17-13-23(26-32-17)25(31)27(2)22-11-12-28(16-22)21-9-7-20(8-10-21)24(30)29-14-18-3-4-19(15-29)6-5-18/h7-10,13,18-19,22H,3-6,11-12,14-16H2,1-2H3. The minimum atomic E-state index is -0.110. The van der Waals surface area contributed by atoms with Crippen LogP contribution in [0.1, 0.15) is 58.7 Å². The summed E-state index contributed by atoms with van der Waals surface area (Å²) < 4.78 is 5.05. The Kier molecular flexibility index (Phi) is 5.66. The second-order valence-corrected chi connectivity index (χ2v) is 9.77. The first-order valence-electron chi connectivity index (χ1n) is 11.8. The molecule has 7 heteroatoms. The van der Waals surface area contributed by atoms with Gasteiger partial charge in [-0.3, -0.25) is 9.59 Å². The number of likely N-dealkylation sites (N-methyl/N-ethyl adjacent to an activating group) is 1. The van der Waals surface area contributed by atoms with Gasteiger partial charge in [-0.1, -0.05) is 5.16 Å². The molecule has 0 N–H and O–H groups in total. The lowest BCUT2D eigenvalue weighted by Gasteiger charge is -2.25. The third-order valence-corrected chi connectivity index (χ3v) is 7.57. The highest BCUT2D eigenvalue weighted by Crippen LogP contribution is 2.34. The molecule has 2 bridgehead atoms. The summed E-state index contributed by atoms with van der Waals surface area (Å²) in [5, 5.41) is 3.85. The van der Waals surface area contributed by atoms with E-state index in [1.807, 2.05) is 31.3 Å². The number of rotatable bonds is 4. The van der Waals surface area contributed by atoms with Crippen molar-refractivity contribution in [1.29, 1.82) is 0 Å². The van der Waals surface area contributed by atoms with Crippen molar-refractivity contribution in [3.8, 4) is 0 Å². The molecular weight excluding hydrogens is 404 g/mol. The molecule has 2 aromatic rings. The topological polar surface area (TPSA) is 69.9 Å². The van der Waals surface area contributed by atoms with Gasteiger partial charge in [0.2, 0.25) is 0 Å². The molecule has 1 aromatic carbocycles. The molecule has 0 radical (unpaired) electrons. The Labute approximate surface area is 189 Å². The summed E-state index contributed by atoms with van der Waals surface area (Å²) in [6, 6.07) is 9.82. The summed E-state index contributed by atoms with van der Waals surface area (Å²) >= 11 is 0. The highest BCUT2D eigenvalue weighted by atomic mass is 16.5. The van der Waals surface area contributed by atoms with Gasteiger partial charge in [-0.15, -0.1) is 0 Å². The normalized spacial score (nSPS) is 25.1. The monoisotopic (exact) mass is 436 g/mol. The second-order valence-electron chi connectivity index (χ2n) is 9.77. The number of carbonyl (C=O) groups is 2. The van der Waals surface area contributed by atoms with Crippen molar-refractivity contribution in [2.75, 3.05) is 38.1 Å². The summed E-state index contributed by atoms with van der Waals surface area (Å²) in [4.78, 5) is 31.9. The Bertz CT molecular complexity index is 963. The van der Waals surface area contributed by atoms with E-state index in [0.29, 0.717) is 23.3 Å². The number of aryl methyl sites for hydroxylation is 1. The average molecular weight is 437 g/mol. The maximum Gasteiger partial charge on any atom is 0.276 e. The van der Waals surface area contributed by atoms with Gasteiger partial charge in [0, 0.05) is 50.5 Å². The van der Waals surface area contributed by atoms with Crippen molar-refractivity contribution in [2.45, 2.75) is 45.1 Å². The SMILES string of the molecule is Cc1cc(C(=O)N(C)C2CCN(c3ccc(C(=O)N4CC5CCC(CC5)C4)cc3)C2)no1. The van der Waals surface area contributed by atoms with E-state index in [1.165, 1.54) is 25.7 Å². The predicted molar refractivity (Wildman–Crippen MR) is 122 cm³/mol. The lowest BCUT2D eigenvalue weighted by molar-refractivity contribution is 0.0729. The Hall–Kier alpha value is -2.83. The molecule has 6 rings (SSSR count). The Morgan fingerprint density at radius 3 is 2.25 bits per heavy atom. The number of nitrogens with zero attached hydrogens (tertiary/aromatic N) is 4. The molecule has 1 unspecified atom stereocenters. The average Bonchev–Trinajstić information content (AvgIpc) is 3.38. The summed E-state index contributed by atoms with van der Waals surface area (Å²) in [7, 11) is 1.83. The zero-order chi connectivity index (χ0) is 22.2. The number of fused-ring (bicyclic) bond motifs is 4. The third kappa shape index (κ3) is 4.12. The Balaban J connectivity index is 1.21. The first kappa shape index (κ1) is 21.0. The number of hydrogen-bond acceptors (Lipinski definition) is 5. The van der Waals surface area contributed by atoms with E-state index in [4.69, 9.17) is 4.52 Å². The summed E-state index contributed by atoms with van der Waals surface area (Å²) in [5.41, 5.74) is 2.23. The number of carbonyl (C=O) groups excluding carboxylic acids is 2. The summed E-state index contributed by atoms with van der Waals surface area (Å²) in [5.74, 6) is 2.06. The number of aromatic nitrogens is 1. The van der Waals surface area contributed by atoms with Gasteiger partial charge in [0.1, 0.15) is 5.76 Å². The van der Waals surface area contributed by atoms with Gasteiger partial charge >= 0.3 is 0 Å². The van der Waals surface area contributed by atoms with Crippen molar-refractivity contribution in [2.24, 2.45) is 11.8 Å². The molecule has 3 aliphatic heterocycles. The predicted octanol–water partition coefficient (Wildman–Crippen LogP) is 3.60. The van der Waals surface area contributed by atoms with Gasteiger partial charge < -0.3 is 19.2 Å². The molecule has 1 saturated carbocycles. The van der Waals surface area contributed by atoms with Gasteiger partial charge in [-0.2, -0.15) is 0 Å². The van der Waals surface area contributed by atoms with E-state index in [9.17, 15) is 9.59 Å². The highest BCUT2D eigenvalue weighted by Gasteiger charge is 2.33. The van der Waals surface area contributed by atoms with Gasteiger partial charge in [-0.05, 0) is 75.1 Å². The van der Waals surface area contributed by atoms with E-state index < -0.39 is 0 Å². The maximum atomic E-state index is 13.1.